The van der Waals surface area contributed by atoms with Gasteiger partial charge in [0.25, 0.3) is 8.32 Å². The second-order valence-electron chi connectivity index (χ2n) is 11.9. The Bertz CT molecular complexity index is 891. The number of carbonyl (C=O) groups excluding carboxylic acids is 1. The van der Waals surface area contributed by atoms with Gasteiger partial charge in [-0.2, -0.15) is 0 Å². The monoisotopic (exact) mass is 496 g/mol. The summed E-state index contributed by atoms with van der Waals surface area (Å²) in [6, 6.07) is 21.6. The molecule has 0 radical (unpaired) electrons. The van der Waals surface area contributed by atoms with Gasteiger partial charge in [0.2, 0.25) is 0 Å². The third-order valence-electron chi connectivity index (χ3n) is 6.98. The second-order valence-corrected chi connectivity index (χ2v) is 16.2. The maximum atomic E-state index is 12.1. The van der Waals surface area contributed by atoms with Gasteiger partial charge in [0, 0.05) is 20.1 Å². The quantitative estimate of drug-likeness (QED) is 0.295. The van der Waals surface area contributed by atoms with E-state index in [2.05, 4.69) is 81.4 Å². The van der Waals surface area contributed by atoms with E-state index in [4.69, 9.17) is 13.9 Å². The van der Waals surface area contributed by atoms with Crippen LogP contribution in [0.5, 0.6) is 0 Å². The van der Waals surface area contributed by atoms with Gasteiger partial charge in [0.05, 0.1) is 6.10 Å². The van der Waals surface area contributed by atoms with Crippen LogP contribution in [-0.2, 0) is 18.7 Å². The molecule has 35 heavy (non-hydrogen) atoms. The maximum Gasteiger partial charge on any atom is 0.306 e. The highest BCUT2D eigenvalue weighted by molar-refractivity contribution is 6.99. The number of esters is 1. The number of benzene rings is 2. The average Bonchev–Trinajstić information content (AvgIpc) is 3.56. The summed E-state index contributed by atoms with van der Waals surface area (Å²) < 4.78 is 18.4. The van der Waals surface area contributed by atoms with Crippen LogP contribution in [0.2, 0.25) is 5.04 Å². The summed E-state index contributed by atoms with van der Waals surface area (Å²) in [5.74, 6) is 0.842. The molecule has 3 atom stereocenters. The molecular formula is C30H44O4Si. The highest BCUT2D eigenvalue weighted by atomic mass is 28.4. The molecule has 2 aromatic rings. The minimum atomic E-state index is -2.51. The Labute approximate surface area is 213 Å². The molecule has 0 aromatic heterocycles. The van der Waals surface area contributed by atoms with Crippen LogP contribution in [0.25, 0.3) is 0 Å². The van der Waals surface area contributed by atoms with Crippen molar-refractivity contribution in [3.8, 4) is 0 Å². The number of hydrogen-bond acceptors (Lipinski definition) is 4. The van der Waals surface area contributed by atoms with Crippen LogP contribution >= 0.6 is 0 Å². The van der Waals surface area contributed by atoms with Gasteiger partial charge in [-0.25, -0.2) is 0 Å². The molecule has 0 amide bonds. The Morgan fingerprint density at radius 3 is 1.94 bits per heavy atom. The lowest BCUT2D eigenvalue weighted by molar-refractivity contribution is -0.155. The molecule has 2 aromatic carbocycles. The van der Waals surface area contributed by atoms with Gasteiger partial charge in [0.15, 0.2) is 0 Å². The van der Waals surface area contributed by atoms with Crippen molar-refractivity contribution < 1.29 is 18.7 Å². The van der Waals surface area contributed by atoms with Gasteiger partial charge in [-0.05, 0) is 67.3 Å². The minimum Gasteiger partial charge on any atom is -0.460 e. The normalized spacial score (nSPS) is 19.3. The third kappa shape index (κ3) is 7.05. The molecule has 4 nitrogen and oxygen atoms in total. The summed E-state index contributed by atoms with van der Waals surface area (Å²) in [4.78, 5) is 12.1. The summed E-state index contributed by atoms with van der Waals surface area (Å²) in [5.41, 5.74) is -0.433. The van der Waals surface area contributed by atoms with Crippen molar-refractivity contribution >= 4 is 24.7 Å². The molecule has 0 bridgehead atoms. The molecular weight excluding hydrogens is 452 g/mol. The van der Waals surface area contributed by atoms with Crippen molar-refractivity contribution in [3.63, 3.8) is 0 Å². The first kappa shape index (κ1) is 27.6. The Morgan fingerprint density at radius 2 is 1.49 bits per heavy atom. The minimum absolute atomic E-state index is 0.0197. The lowest BCUT2D eigenvalue weighted by Gasteiger charge is -2.43. The SMILES string of the molecule is CO[C@H](CCCC(=O)OC(C)(C)C)[C@@H]1C[C@H]1CO[Si](c1ccccc1)(c1ccccc1)C(C)(C)C. The summed E-state index contributed by atoms with van der Waals surface area (Å²) in [6.07, 6.45) is 3.36. The van der Waals surface area contributed by atoms with Crippen molar-refractivity contribution in [2.45, 2.75) is 84.0 Å². The van der Waals surface area contributed by atoms with Gasteiger partial charge in [0.1, 0.15) is 5.60 Å². The van der Waals surface area contributed by atoms with Crippen LogP contribution in [0, 0.1) is 11.8 Å². The number of methoxy groups -OCH3 is 1. The van der Waals surface area contributed by atoms with Crippen LogP contribution in [-0.4, -0.2) is 39.7 Å². The van der Waals surface area contributed by atoms with Gasteiger partial charge < -0.3 is 13.9 Å². The first-order valence-electron chi connectivity index (χ1n) is 13.0. The fourth-order valence-corrected chi connectivity index (χ4v) is 9.88. The zero-order chi connectivity index (χ0) is 25.7. The molecule has 192 valence electrons. The van der Waals surface area contributed by atoms with E-state index < -0.39 is 13.9 Å². The van der Waals surface area contributed by atoms with Gasteiger partial charge in [-0.1, -0.05) is 81.4 Å². The van der Waals surface area contributed by atoms with Crippen LogP contribution in [0.15, 0.2) is 60.7 Å². The van der Waals surface area contributed by atoms with Crippen LogP contribution in [0.3, 0.4) is 0 Å². The zero-order valence-corrected chi connectivity index (χ0v) is 23.7. The molecule has 1 fully saturated rings. The lowest BCUT2D eigenvalue weighted by atomic mass is 10.1. The Balaban J connectivity index is 1.67. The fraction of sp³-hybridized carbons (Fsp3) is 0.567. The number of carbonyl (C=O) groups is 1. The van der Waals surface area contributed by atoms with Crippen molar-refractivity contribution in [3.05, 3.63) is 60.7 Å². The first-order chi connectivity index (χ1) is 16.5. The number of ether oxygens (including phenoxy) is 2. The lowest BCUT2D eigenvalue weighted by Crippen LogP contribution is -2.66. The Kier molecular flexibility index (Phi) is 9.00. The molecule has 0 N–H and O–H groups in total. The topological polar surface area (TPSA) is 44.8 Å². The molecule has 0 saturated heterocycles. The van der Waals surface area contributed by atoms with Crippen molar-refractivity contribution in [2.24, 2.45) is 11.8 Å². The molecule has 1 aliphatic rings. The third-order valence-corrected chi connectivity index (χ3v) is 12.0. The van der Waals surface area contributed by atoms with Crippen LogP contribution in [0.1, 0.15) is 67.2 Å². The average molecular weight is 497 g/mol. The predicted molar refractivity (Wildman–Crippen MR) is 146 cm³/mol. The molecule has 0 heterocycles. The molecule has 1 saturated carbocycles. The van der Waals surface area contributed by atoms with E-state index in [9.17, 15) is 4.79 Å². The highest BCUT2D eigenvalue weighted by Crippen LogP contribution is 2.46. The molecule has 0 spiro atoms. The molecule has 1 aliphatic carbocycles. The van der Waals surface area contributed by atoms with Crippen LogP contribution in [0.4, 0.5) is 0 Å². The molecule has 3 rings (SSSR count). The summed E-state index contributed by atoms with van der Waals surface area (Å²) >= 11 is 0. The standard InChI is InChI=1S/C30H44O4Si/c1-29(2,3)34-28(31)20-14-19-27(32-7)26-21-23(26)22-33-35(30(4,5)6,24-15-10-8-11-16-24)25-17-12-9-13-18-25/h8-13,15-18,23,26-27H,14,19-22H2,1-7H3/t23-,26+,27+/m0/s1. The fourth-order valence-electron chi connectivity index (χ4n) is 5.26. The smallest absolute Gasteiger partial charge is 0.306 e. The summed E-state index contributed by atoms with van der Waals surface area (Å²) in [6.45, 7) is 13.4. The zero-order valence-electron chi connectivity index (χ0n) is 22.7. The summed E-state index contributed by atoms with van der Waals surface area (Å²) in [7, 11) is -0.724. The molecule has 0 aliphatic heterocycles. The Morgan fingerprint density at radius 1 is 0.943 bits per heavy atom. The van der Waals surface area contributed by atoms with E-state index >= 15 is 0 Å². The van der Waals surface area contributed by atoms with E-state index in [0.29, 0.717) is 18.3 Å². The second kappa shape index (κ2) is 11.4. The highest BCUT2D eigenvalue weighted by Gasteiger charge is 2.52. The van der Waals surface area contributed by atoms with E-state index in [1.54, 1.807) is 7.11 Å². The molecule has 5 heteroatoms. The van der Waals surface area contributed by atoms with Crippen molar-refractivity contribution in [1.82, 2.24) is 0 Å². The largest absolute Gasteiger partial charge is 0.460 e. The van der Waals surface area contributed by atoms with E-state index in [1.807, 2.05) is 20.8 Å². The Hall–Kier alpha value is -1.95. The van der Waals surface area contributed by atoms with E-state index in [0.717, 1.165) is 25.9 Å². The number of rotatable bonds is 11. The van der Waals surface area contributed by atoms with Gasteiger partial charge >= 0.3 is 5.97 Å². The van der Waals surface area contributed by atoms with Crippen molar-refractivity contribution in [1.29, 1.82) is 0 Å². The van der Waals surface area contributed by atoms with Gasteiger partial charge in [-0.3, -0.25) is 4.79 Å². The van der Waals surface area contributed by atoms with Crippen LogP contribution < -0.4 is 10.4 Å². The first-order valence-corrected chi connectivity index (χ1v) is 14.9. The molecule has 0 unspecified atom stereocenters. The number of hydrogen-bond donors (Lipinski definition) is 0. The van der Waals surface area contributed by atoms with Gasteiger partial charge in [-0.15, -0.1) is 0 Å². The van der Waals surface area contributed by atoms with Crippen molar-refractivity contribution in [2.75, 3.05) is 13.7 Å². The predicted octanol–water partition coefficient (Wildman–Crippen LogP) is 5.73. The van der Waals surface area contributed by atoms with E-state index in [1.165, 1.54) is 10.4 Å². The van der Waals surface area contributed by atoms with E-state index in [-0.39, 0.29) is 17.1 Å². The maximum absolute atomic E-state index is 12.1. The summed E-state index contributed by atoms with van der Waals surface area (Å²) in [5, 5.41) is 2.61.